The Bertz CT molecular complexity index is 933. The predicted octanol–water partition coefficient (Wildman–Crippen LogP) is 5.69. The molecule has 0 spiro atoms. The van der Waals surface area contributed by atoms with Crippen molar-refractivity contribution in [3.8, 4) is 0 Å². The second-order valence-electron chi connectivity index (χ2n) is 9.50. The molecule has 0 atom stereocenters. The van der Waals surface area contributed by atoms with Gasteiger partial charge in [0.2, 0.25) is 5.91 Å². The molecule has 5 nitrogen and oxygen atoms in total. The first-order valence-electron chi connectivity index (χ1n) is 10.6. The van der Waals surface area contributed by atoms with Gasteiger partial charge < -0.3 is 15.1 Å². The number of amides is 2. The quantitative estimate of drug-likeness (QED) is 0.598. The van der Waals surface area contributed by atoms with Crippen LogP contribution in [0.3, 0.4) is 0 Å². The molecule has 0 aliphatic heterocycles. The number of halogens is 1. The Morgan fingerprint density at radius 2 is 1.71 bits per heavy atom. The molecule has 0 fully saturated rings. The van der Waals surface area contributed by atoms with Crippen molar-refractivity contribution in [3.05, 3.63) is 58.6 Å². The molecule has 0 saturated heterocycles. The summed E-state index contributed by atoms with van der Waals surface area (Å²) in [5, 5.41) is 3.34. The lowest BCUT2D eigenvalue weighted by atomic mass is 9.93. The molecule has 0 heterocycles. The number of rotatable bonds is 7. The Morgan fingerprint density at radius 1 is 1.06 bits per heavy atom. The molecular formula is C25H34ClN3O2. The number of hydrogen-bond donors (Lipinski definition) is 1. The van der Waals surface area contributed by atoms with Crippen LogP contribution in [0.15, 0.2) is 42.5 Å². The second-order valence-corrected chi connectivity index (χ2v) is 9.91. The zero-order chi connectivity index (χ0) is 23.3. The monoisotopic (exact) mass is 443 g/mol. The van der Waals surface area contributed by atoms with Crippen LogP contribution in [-0.2, 0) is 11.3 Å². The smallest absolute Gasteiger partial charge is 0.257 e. The summed E-state index contributed by atoms with van der Waals surface area (Å²) in [6.45, 7) is 11.2. The maximum atomic E-state index is 13.1. The Labute approximate surface area is 191 Å². The highest BCUT2D eigenvalue weighted by molar-refractivity contribution is 6.34. The van der Waals surface area contributed by atoms with Gasteiger partial charge in [-0.25, -0.2) is 0 Å². The van der Waals surface area contributed by atoms with Crippen molar-refractivity contribution >= 4 is 34.8 Å². The van der Waals surface area contributed by atoms with Crippen LogP contribution >= 0.6 is 11.6 Å². The lowest BCUT2D eigenvalue weighted by Crippen LogP contribution is -2.41. The third kappa shape index (κ3) is 6.73. The summed E-state index contributed by atoms with van der Waals surface area (Å²) < 4.78 is 0. The molecular weight excluding hydrogens is 410 g/mol. The van der Waals surface area contributed by atoms with Crippen LogP contribution in [0.4, 0.5) is 11.4 Å². The normalized spacial score (nSPS) is 11.4. The lowest BCUT2D eigenvalue weighted by molar-refractivity contribution is -0.140. The Kier molecular flexibility index (Phi) is 8.13. The van der Waals surface area contributed by atoms with E-state index in [1.165, 1.54) is 0 Å². The molecule has 0 unspecified atom stereocenters. The molecule has 0 bridgehead atoms. The first-order valence-corrected chi connectivity index (χ1v) is 10.9. The predicted molar refractivity (Wildman–Crippen MR) is 130 cm³/mol. The van der Waals surface area contributed by atoms with E-state index in [0.717, 1.165) is 11.3 Å². The average Bonchev–Trinajstić information content (AvgIpc) is 2.66. The topological polar surface area (TPSA) is 52.7 Å². The summed E-state index contributed by atoms with van der Waals surface area (Å²) >= 11 is 6.17. The van der Waals surface area contributed by atoms with E-state index in [0.29, 0.717) is 35.3 Å². The van der Waals surface area contributed by atoms with Gasteiger partial charge in [-0.2, -0.15) is 0 Å². The number of carbonyl (C=O) groups excluding carboxylic acids is 2. The van der Waals surface area contributed by atoms with E-state index in [4.69, 9.17) is 11.6 Å². The van der Waals surface area contributed by atoms with E-state index in [1.54, 1.807) is 24.3 Å². The van der Waals surface area contributed by atoms with Crippen molar-refractivity contribution in [3.63, 3.8) is 0 Å². The zero-order valence-electron chi connectivity index (χ0n) is 19.6. The van der Waals surface area contributed by atoms with Crippen LogP contribution in [0, 0.1) is 11.3 Å². The van der Waals surface area contributed by atoms with Gasteiger partial charge in [0.15, 0.2) is 0 Å². The number of nitrogens with one attached hydrogen (secondary N) is 1. The van der Waals surface area contributed by atoms with E-state index in [-0.39, 0.29) is 11.8 Å². The molecule has 0 saturated carbocycles. The van der Waals surface area contributed by atoms with Crippen molar-refractivity contribution in [2.24, 2.45) is 11.3 Å². The minimum Gasteiger partial charge on any atom is -0.377 e. The minimum atomic E-state index is -0.469. The summed E-state index contributed by atoms with van der Waals surface area (Å²) in [7, 11) is 3.94. The van der Waals surface area contributed by atoms with Gasteiger partial charge in [-0.3, -0.25) is 9.59 Å². The third-order valence-corrected chi connectivity index (χ3v) is 5.14. The largest absolute Gasteiger partial charge is 0.377 e. The fraction of sp³-hybridized carbons (Fsp3) is 0.440. The van der Waals surface area contributed by atoms with E-state index in [9.17, 15) is 9.59 Å². The molecule has 2 rings (SSSR count). The van der Waals surface area contributed by atoms with Gasteiger partial charge in [0.1, 0.15) is 0 Å². The number of anilines is 2. The molecule has 6 heteroatoms. The minimum absolute atomic E-state index is 0.108. The molecule has 168 valence electrons. The summed E-state index contributed by atoms with van der Waals surface area (Å²) in [4.78, 5) is 29.7. The molecule has 1 N–H and O–H groups in total. The number of carbonyl (C=O) groups is 2. The van der Waals surface area contributed by atoms with Crippen LogP contribution in [-0.4, -0.2) is 37.4 Å². The highest BCUT2D eigenvalue weighted by Gasteiger charge is 2.28. The lowest BCUT2D eigenvalue weighted by Gasteiger charge is -2.32. The fourth-order valence-corrected chi connectivity index (χ4v) is 3.63. The molecule has 0 radical (unpaired) electrons. The Morgan fingerprint density at radius 3 is 2.26 bits per heavy atom. The Hall–Kier alpha value is -2.53. The maximum absolute atomic E-state index is 13.1. The third-order valence-electron chi connectivity index (χ3n) is 4.81. The first-order chi connectivity index (χ1) is 14.4. The molecule has 31 heavy (non-hydrogen) atoms. The van der Waals surface area contributed by atoms with E-state index >= 15 is 0 Å². The molecule has 2 aromatic rings. The highest BCUT2D eigenvalue weighted by Crippen LogP contribution is 2.28. The van der Waals surface area contributed by atoms with Crippen LogP contribution < -0.4 is 10.2 Å². The second kappa shape index (κ2) is 10.2. The van der Waals surface area contributed by atoms with Crippen LogP contribution in [0.25, 0.3) is 0 Å². The van der Waals surface area contributed by atoms with E-state index in [1.807, 2.05) is 62.9 Å². The number of nitrogens with zero attached hydrogens (tertiary/aromatic N) is 2. The van der Waals surface area contributed by atoms with Gasteiger partial charge in [-0.05, 0) is 41.8 Å². The van der Waals surface area contributed by atoms with Gasteiger partial charge in [0, 0.05) is 44.0 Å². The van der Waals surface area contributed by atoms with Crippen molar-refractivity contribution < 1.29 is 9.59 Å². The van der Waals surface area contributed by atoms with Crippen molar-refractivity contribution in [2.45, 2.75) is 41.2 Å². The average molecular weight is 444 g/mol. The number of hydrogen-bond acceptors (Lipinski definition) is 3. The van der Waals surface area contributed by atoms with Gasteiger partial charge in [0.05, 0.1) is 10.6 Å². The molecule has 2 aromatic carbocycles. The van der Waals surface area contributed by atoms with Gasteiger partial charge in [-0.1, -0.05) is 58.4 Å². The molecule has 2 amide bonds. The summed E-state index contributed by atoms with van der Waals surface area (Å²) in [6, 6.07) is 12.7. The summed E-state index contributed by atoms with van der Waals surface area (Å²) in [6.07, 6.45) is 0. The molecule has 0 aliphatic rings. The van der Waals surface area contributed by atoms with Gasteiger partial charge in [0.25, 0.3) is 5.91 Å². The first kappa shape index (κ1) is 24.7. The van der Waals surface area contributed by atoms with E-state index < -0.39 is 5.41 Å². The van der Waals surface area contributed by atoms with E-state index in [2.05, 4.69) is 19.2 Å². The van der Waals surface area contributed by atoms with Crippen LogP contribution in [0.2, 0.25) is 5.02 Å². The van der Waals surface area contributed by atoms with Gasteiger partial charge >= 0.3 is 0 Å². The standard InChI is InChI=1S/C25H34ClN3O2/c1-17(2)15-29(24(31)25(3,4)5)16-18-14-19(12-13-22(18)28(6)7)27-23(30)20-10-8-9-11-21(20)26/h8-14,17H,15-16H2,1-7H3,(H,27,30). The molecule has 0 aromatic heterocycles. The maximum Gasteiger partial charge on any atom is 0.257 e. The summed E-state index contributed by atoms with van der Waals surface area (Å²) in [5.74, 6) is 0.188. The summed E-state index contributed by atoms with van der Waals surface area (Å²) in [5.41, 5.74) is 2.60. The van der Waals surface area contributed by atoms with Crippen molar-refractivity contribution in [2.75, 3.05) is 30.9 Å². The van der Waals surface area contributed by atoms with Gasteiger partial charge in [-0.15, -0.1) is 0 Å². The van der Waals surface area contributed by atoms with Crippen molar-refractivity contribution in [1.29, 1.82) is 0 Å². The van der Waals surface area contributed by atoms with Crippen LogP contribution in [0.5, 0.6) is 0 Å². The Balaban J connectivity index is 2.37. The van der Waals surface area contributed by atoms with Crippen molar-refractivity contribution in [1.82, 2.24) is 4.90 Å². The SMILES string of the molecule is CC(C)CN(Cc1cc(NC(=O)c2ccccc2Cl)ccc1N(C)C)C(=O)C(C)(C)C. The highest BCUT2D eigenvalue weighted by atomic mass is 35.5. The number of benzene rings is 2. The fourth-order valence-electron chi connectivity index (χ4n) is 3.41. The van der Waals surface area contributed by atoms with Crippen LogP contribution in [0.1, 0.15) is 50.5 Å². The molecule has 0 aliphatic carbocycles. The zero-order valence-corrected chi connectivity index (χ0v) is 20.4.